The Morgan fingerprint density at radius 1 is 0.556 bits per heavy atom. The van der Waals surface area contributed by atoms with E-state index in [-0.39, 0.29) is 0 Å². The van der Waals surface area contributed by atoms with Crippen molar-refractivity contribution in [1.82, 2.24) is 0 Å². The first kappa shape index (κ1) is 17.5. The van der Waals surface area contributed by atoms with E-state index in [1.807, 2.05) is 30.3 Å². The van der Waals surface area contributed by atoms with Crippen LogP contribution in [-0.4, -0.2) is 5.11 Å². The molecule has 0 bridgehead atoms. The highest BCUT2D eigenvalue weighted by Crippen LogP contribution is 2.56. The Bertz CT molecular complexity index is 931. The third-order valence-electron chi connectivity index (χ3n) is 4.92. The molecular weight excluding hydrogens is 347 g/mol. The molecule has 2 heteroatoms. The summed E-state index contributed by atoms with van der Waals surface area (Å²) in [7, 11) is -2.22. The van der Waals surface area contributed by atoms with Crippen molar-refractivity contribution in [2.45, 2.75) is 6.92 Å². The SMILES string of the molecule is Cc1ccc(O)c([P+](c2ccccc2)(c2ccccc2)c2ccccc2)c1. The Kier molecular flexibility index (Phi) is 4.79. The molecule has 0 aliphatic rings. The fourth-order valence-electron chi connectivity index (χ4n) is 3.72. The van der Waals surface area contributed by atoms with Gasteiger partial charge in [-0.1, -0.05) is 60.7 Å². The molecule has 4 aromatic carbocycles. The van der Waals surface area contributed by atoms with E-state index >= 15 is 0 Å². The lowest BCUT2D eigenvalue weighted by atomic mass is 10.2. The number of hydrogen-bond donors (Lipinski definition) is 1. The summed E-state index contributed by atoms with van der Waals surface area (Å²) >= 11 is 0. The number of phenolic OH excluding ortho intramolecular Hbond substituents is 1. The normalized spacial score (nSPS) is 11.3. The summed E-state index contributed by atoms with van der Waals surface area (Å²) in [6.07, 6.45) is 0. The topological polar surface area (TPSA) is 20.2 Å². The smallest absolute Gasteiger partial charge is 0.159 e. The van der Waals surface area contributed by atoms with Crippen LogP contribution >= 0.6 is 7.26 Å². The molecule has 0 amide bonds. The highest BCUT2D eigenvalue weighted by atomic mass is 31.2. The van der Waals surface area contributed by atoms with Crippen LogP contribution in [0.3, 0.4) is 0 Å². The summed E-state index contributed by atoms with van der Waals surface area (Å²) in [5, 5.41) is 15.7. The Hall–Kier alpha value is -2.89. The molecule has 132 valence electrons. The van der Waals surface area contributed by atoms with Gasteiger partial charge in [0, 0.05) is 0 Å². The average molecular weight is 369 g/mol. The fourth-order valence-corrected chi connectivity index (χ4v) is 8.12. The second kappa shape index (κ2) is 7.39. The Morgan fingerprint density at radius 3 is 1.37 bits per heavy atom. The first-order valence-electron chi connectivity index (χ1n) is 9.09. The van der Waals surface area contributed by atoms with Crippen molar-refractivity contribution in [1.29, 1.82) is 0 Å². The zero-order chi connectivity index (χ0) is 18.7. The maximum absolute atomic E-state index is 11.0. The second-order valence-corrected chi connectivity index (χ2v) is 10.0. The van der Waals surface area contributed by atoms with Crippen LogP contribution in [0, 0.1) is 6.92 Å². The summed E-state index contributed by atoms with van der Waals surface area (Å²) in [5.41, 5.74) is 1.15. The van der Waals surface area contributed by atoms with Gasteiger partial charge in [-0.2, -0.15) is 0 Å². The number of aromatic hydroxyl groups is 1. The standard InChI is InChI=1S/C25H21OP/c1-20-17-18-24(26)25(19-20)27(21-11-5-2-6-12-21,22-13-7-3-8-14-22)23-15-9-4-10-16-23/h2-19H,1H3/p+1. The van der Waals surface area contributed by atoms with Gasteiger partial charge in [0.25, 0.3) is 0 Å². The Balaban J connectivity index is 2.18. The number of aryl methyl sites for hydroxylation is 1. The zero-order valence-electron chi connectivity index (χ0n) is 15.3. The molecule has 27 heavy (non-hydrogen) atoms. The predicted octanol–water partition coefficient (Wildman–Crippen LogP) is 4.32. The lowest BCUT2D eigenvalue weighted by Gasteiger charge is -2.28. The first-order valence-corrected chi connectivity index (χ1v) is 10.9. The van der Waals surface area contributed by atoms with Gasteiger partial charge in [-0.05, 0) is 61.0 Å². The molecular formula is C25H22OP+. The van der Waals surface area contributed by atoms with Crippen molar-refractivity contribution < 1.29 is 5.11 Å². The van der Waals surface area contributed by atoms with Crippen LogP contribution in [0.25, 0.3) is 0 Å². The van der Waals surface area contributed by atoms with Gasteiger partial charge in [0.1, 0.15) is 23.2 Å². The van der Waals surface area contributed by atoms with Crippen molar-refractivity contribution in [3.8, 4) is 5.75 Å². The lowest BCUT2D eigenvalue weighted by molar-refractivity contribution is 0.479. The van der Waals surface area contributed by atoms with Gasteiger partial charge in [-0.3, -0.25) is 0 Å². The summed E-state index contributed by atoms with van der Waals surface area (Å²) in [6.45, 7) is 2.08. The van der Waals surface area contributed by atoms with E-state index in [1.54, 1.807) is 0 Å². The van der Waals surface area contributed by atoms with Gasteiger partial charge >= 0.3 is 0 Å². The molecule has 0 spiro atoms. The highest BCUT2D eigenvalue weighted by Gasteiger charge is 2.49. The van der Waals surface area contributed by atoms with Gasteiger partial charge in [-0.15, -0.1) is 0 Å². The summed E-state index contributed by atoms with van der Waals surface area (Å²) < 4.78 is 0. The number of phenols is 1. The largest absolute Gasteiger partial charge is 0.504 e. The van der Waals surface area contributed by atoms with Crippen LogP contribution in [0.4, 0.5) is 0 Å². The number of benzene rings is 4. The van der Waals surface area contributed by atoms with Gasteiger partial charge in [-0.25, -0.2) is 0 Å². The molecule has 0 aliphatic carbocycles. The Morgan fingerprint density at radius 2 is 0.963 bits per heavy atom. The molecule has 4 aromatic rings. The van der Waals surface area contributed by atoms with Crippen LogP contribution < -0.4 is 21.2 Å². The lowest BCUT2D eigenvalue weighted by Crippen LogP contribution is -2.38. The van der Waals surface area contributed by atoms with E-state index < -0.39 is 7.26 Å². The minimum atomic E-state index is -2.22. The minimum absolute atomic E-state index is 0.352. The molecule has 4 rings (SSSR count). The molecule has 0 fully saturated rings. The van der Waals surface area contributed by atoms with Crippen molar-refractivity contribution >= 4 is 28.5 Å². The second-order valence-electron chi connectivity index (χ2n) is 6.67. The van der Waals surface area contributed by atoms with Crippen LogP contribution in [0.1, 0.15) is 5.56 Å². The minimum Gasteiger partial charge on any atom is -0.504 e. The molecule has 0 aromatic heterocycles. The molecule has 0 aliphatic heterocycles. The molecule has 0 radical (unpaired) electrons. The quantitative estimate of drug-likeness (QED) is 0.531. The molecule has 0 unspecified atom stereocenters. The van der Waals surface area contributed by atoms with Crippen molar-refractivity contribution in [2.75, 3.05) is 0 Å². The van der Waals surface area contributed by atoms with E-state index in [2.05, 4.69) is 85.8 Å². The van der Waals surface area contributed by atoms with Crippen molar-refractivity contribution in [3.05, 3.63) is 115 Å². The Labute approximate surface area is 161 Å². The van der Waals surface area contributed by atoms with Crippen LogP contribution in [-0.2, 0) is 0 Å². The van der Waals surface area contributed by atoms with Crippen LogP contribution in [0.2, 0.25) is 0 Å². The molecule has 0 saturated carbocycles. The van der Waals surface area contributed by atoms with Crippen molar-refractivity contribution in [2.24, 2.45) is 0 Å². The maximum atomic E-state index is 11.0. The van der Waals surface area contributed by atoms with Crippen molar-refractivity contribution in [3.63, 3.8) is 0 Å². The summed E-state index contributed by atoms with van der Waals surface area (Å²) in [6, 6.07) is 37.7. The maximum Gasteiger partial charge on any atom is 0.159 e. The summed E-state index contributed by atoms with van der Waals surface area (Å²) in [5.74, 6) is 0.352. The van der Waals surface area contributed by atoms with Gasteiger partial charge in [0.05, 0.1) is 0 Å². The number of hydrogen-bond acceptors (Lipinski definition) is 1. The van der Waals surface area contributed by atoms with E-state index in [0.717, 1.165) is 10.9 Å². The monoisotopic (exact) mass is 369 g/mol. The molecule has 0 atom stereocenters. The third-order valence-corrected chi connectivity index (χ3v) is 9.22. The van der Waals surface area contributed by atoms with Gasteiger partial charge < -0.3 is 5.11 Å². The van der Waals surface area contributed by atoms with Gasteiger partial charge in [0.15, 0.2) is 11.1 Å². The van der Waals surface area contributed by atoms with E-state index in [4.69, 9.17) is 0 Å². The van der Waals surface area contributed by atoms with E-state index in [1.165, 1.54) is 15.9 Å². The van der Waals surface area contributed by atoms with Gasteiger partial charge in [0.2, 0.25) is 0 Å². The highest BCUT2D eigenvalue weighted by molar-refractivity contribution is 8.01. The van der Waals surface area contributed by atoms with E-state index in [0.29, 0.717) is 5.75 Å². The summed E-state index contributed by atoms with van der Waals surface area (Å²) in [4.78, 5) is 0. The molecule has 1 N–H and O–H groups in total. The van der Waals surface area contributed by atoms with Crippen LogP contribution in [0.15, 0.2) is 109 Å². The zero-order valence-corrected chi connectivity index (χ0v) is 16.2. The average Bonchev–Trinajstić information content (AvgIpc) is 2.73. The third kappa shape index (κ3) is 3.05. The predicted molar refractivity (Wildman–Crippen MR) is 118 cm³/mol. The van der Waals surface area contributed by atoms with Crippen LogP contribution in [0.5, 0.6) is 5.75 Å². The first-order chi connectivity index (χ1) is 13.2. The number of rotatable bonds is 4. The molecule has 0 saturated heterocycles. The van der Waals surface area contributed by atoms with E-state index in [9.17, 15) is 5.11 Å². The molecule has 1 nitrogen and oxygen atoms in total. The molecule has 0 heterocycles. The fraction of sp³-hybridized carbons (Fsp3) is 0.0400.